The maximum Gasteiger partial charge on any atom is 0.338 e. The molecule has 0 saturated carbocycles. The normalized spacial score (nSPS) is 18.1. The predicted molar refractivity (Wildman–Crippen MR) is 80.3 cm³/mol. The highest BCUT2D eigenvalue weighted by atomic mass is 35.5. The highest BCUT2D eigenvalue weighted by Crippen LogP contribution is 2.41. The number of carbonyl (C=O) groups is 2. The minimum atomic E-state index is -1.15. The number of aliphatic carboxylic acids is 1. The number of ether oxygens (including phenoxy) is 2. The van der Waals surface area contributed by atoms with Crippen LogP contribution in [0.2, 0.25) is 5.02 Å². The first-order chi connectivity index (χ1) is 10.4. The van der Waals surface area contributed by atoms with Gasteiger partial charge in [0.1, 0.15) is 11.5 Å². The van der Waals surface area contributed by atoms with Crippen molar-refractivity contribution in [2.45, 2.75) is 19.8 Å². The van der Waals surface area contributed by atoms with Gasteiger partial charge in [0.25, 0.3) is 0 Å². The van der Waals surface area contributed by atoms with Crippen LogP contribution in [0.25, 0.3) is 0 Å². The number of hydrogen-bond acceptors (Lipinski definition) is 4. The van der Waals surface area contributed by atoms with Gasteiger partial charge in [0, 0.05) is 5.02 Å². The largest absolute Gasteiger partial charge is 0.478 e. The van der Waals surface area contributed by atoms with Crippen LogP contribution in [0.5, 0.6) is 0 Å². The summed E-state index contributed by atoms with van der Waals surface area (Å²) in [6.07, 6.45) is 0. The van der Waals surface area contributed by atoms with Gasteiger partial charge in [0.15, 0.2) is 0 Å². The minimum Gasteiger partial charge on any atom is -0.478 e. The molecule has 1 N–H and O–H groups in total. The van der Waals surface area contributed by atoms with Gasteiger partial charge < -0.3 is 14.6 Å². The van der Waals surface area contributed by atoms with Gasteiger partial charge in [-0.05, 0) is 31.5 Å². The number of carboxylic acids is 1. The molecular weight excluding hydrogens is 308 g/mol. The van der Waals surface area contributed by atoms with Crippen molar-refractivity contribution in [3.05, 3.63) is 57.5 Å². The second-order valence-corrected chi connectivity index (χ2v) is 5.26. The molecule has 116 valence electrons. The van der Waals surface area contributed by atoms with E-state index in [0.29, 0.717) is 16.3 Å². The quantitative estimate of drug-likeness (QED) is 0.865. The Morgan fingerprint density at radius 1 is 1.14 bits per heavy atom. The molecule has 1 heterocycles. The first-order valence-electron chi connectivity index (χ1n) is 6.53. The lowest BCUT2D eigenvalue weighted by molar-refractivity contribution is -0.136. The number of esters is 1. The molecule has 2 rings (SSSR count). The van der Waals surface area contributed by atoms with E-state index in [9.17, 15) is 14.7 Å². The molecule has 5 nitrogen and oxygen atoms in total. The maximum absolute atomic E-state index is 12.1. The van der Waals surface area contributed by atoms with Gasteiger partial charge in [-0.1, -0.05) is 23.7 Å². The topological polar surface area (TPSA) is 72.8 Å². The summed E-state index contributed by atoms with van der Waals surface area (Å²) in [6.45, 7) is 3.17. The number of carboxylic acid groups (broad SMARTS) is 1. The Balaban J connectivity index is 2.66. The fraction of sp³-hybridized carbons (Fsp3) is 0.250. The number of hydrogen-bond donors (Lipinski definition) is 1. The second-order valence-electron chi connectivity index (χ2n) is 4.82. The van der Waals surface area contributed by atoms with E-state index in [-0.39, 0.29) is 16.9 Å². The number of benzene rings is 1. The van der Waals surface area contributed by atoms with Crippen molar-refractivity contribution in [2.24, 2.45) is 0 Å². The van der Waals surface area contributed by atoms with Crippen molar-refractivity contribution >= 4 is 23.5 Å². The summed E-state index contributed by atoms with van der Waals surface area (Å²) < 4.78 is 10.2. The summed E-state index contributed by atoms with van der Waals surface area (Å²) in [5, 5.41) is 10.0. The van der Waals surface area contributed by atoms with Crippen molar-refractivity contribution in [2.75, 3.05) is 7.11 Å². The van der Waals surface area contributed by atoms with Crippen LogP contribution in [0.15, 0.2) is 46.9 Å². The highest BCUT2D eigenvalue weighted by molar-refractivity contribution is 6.30. The molecule has 0 saturated heterocycles. The summed E-state index contributed by atoms with van der Waals surface area (Å²) in [5.74, 6) is -1.96. The molecule has 0 radical (unpaired) electrons. The van der Waals surface area contributed by atoms with E-state index in [1.807, 2.05) is 0 Å². The Labute approximate surface area is 132 Å². The van der Waals surface area contributed by atoms with Gasteiger partial charge >= 0.3 is 11.9 Å². The van der Waals surface area contributed by atoms with E-state index in [0.717, 1.165) is 0 Å². The molecule has 1 aliphatic rings. The second kappa shape index (κ2) is 6.23. The minimum absolute atomic E-state index is 0.00771. The Morgan fingerprint density at radius 3 is 2.18 bits per heavy atom. The first-order valence-corrected chi connectivity index (χ1v) is 6.91. The Morgan fingerprint density at radius 2 is 1.68 bits per heavy atom. The SMILES string of the molecule is COC(=O)C1=C(C)OC(C)=C(C(=O)O)C1c1ccc(Cl)cc1. The van der Waals surface area contributed by atoms with Crippen molar-refractivity contribution < 1.29 is 24.2 Å². The lowest BCUT2D eigenvalue weighted by Crippen LogP contribution is -2.26. The third kappa shape index (κ3) is 2.85. The molecule has 1 aromatic carbocycles. The van der Waals surface area contributed by atoms with E-state index in [2.05, 4.69) is 0 Å². The molecule has 1 unspecified atom stereocenters. The van der Waals surface area contributed by atoms with Gasteiger partial charge in [-0.25, -0.2) is 9.59 Å². The highest BCUT2D eigenvalue weighted by Gasteiger charge is 2.38. The molecule has 1 aromatic rings. The van der Waals surface area contributed by atoms with Gasteiger partial charge in [0.05, 0.1) is 24.2 Å². The Bertz CT molecular complexity index is 685. The molecule has 0 fully saturated rings. The van der Waals surface area contributed by atoms with Crippen LogP contribution in [0, 0.1) is 0 Å². The van der Waals surface area contributed by atoms with Crippen LogP contribution in [0.1, 0.15) is 25.3 Å². The summed E-state index contributed by atoms with van der Waals surface area (Å²) in [7, 11) is 1.24. The fourth-order valence-corrected chi connectivity index (χ4v) is 2.65. The van der Waals surface area contributed by atoms with Crippen LogP contribution in [0.3, 0.4) is 0 Å². The zero-order valence-electron chi connectivity index (χ0n) is 12.3. The van der Waals surface area contributed by atoms with Crippen LogP contribution >= 0.6 is 11.6 Å². The molecule has 22 heavy (non-hydrogen) atoms. The van der Waals surface area contributed by atoms with Gasteiger partial charge in [-0.15, -0.1) is 0 Å². The summed E-state index contributed by atoms with van der Waals surface area (Å²) in [6, 6.07) is 6.66. The zero-order chi connectivity index (χ0) is 16.4. The Kier molecular flexibility index (Phi) is 4.56. The van der Waals surface area contributed by atoms with Crippen molar-refractivity contribution in [1.29, 1.82) is 0 Å². The van der Waals surface area contributed by atoms with E-state index < -0.39 is 17.9 Å². The number of carbonyl (C=O) groups excluding carboxylic acids is 1. The van der Waals surface area contributed by atoms with E-state index in [4.69, 9.17) is 21.1 Å². The van der Waals surface area contributed by atoms with Gasteiger partial charge in [-0.2, -0.15) is 0 Å². The number of halogens is 1. The third-order valence-electron chi connectivity index (χ3n) is 3.48. The molecule has 0 aromatic heterocycles. The van der Waals surface area contributed by atoms with Gasteiger partial charge in [-0.3, -0.25) is 0 Å². The molecule has 1 aliphatic heterocycles. The average molecular weight is 323 g/mol. The van der Waals surface area contributed by atoms with Crippen LogP contribution in [0.4, 0.5) is 0 Å². The summed E-state index contributed by atoms with van der Waals surface area (Å²) >= 11 is 5.88. The predicted octanol–water partition coefficient (Wildman–Crippen LogP) is 3.26. The lowest BCUT2D eigenvalue weighted by Gasteiger charge is -2.28. The van der Waals surface area contributed by atoms with Crippen molar-refractivity contribution in [1.82, 2.24) is 0 Å². The van der Waals surface area contributed by atoms with Crippen LogP contribution in [-0.4, -0.2) is 24.2 Å². The third-order valence-corrected chi connectivity index (χ3v) is 3.73. The van der Waals surface area contributed by atoms with E-state index >= 15 is 0 Å². The standard InChI is InChI=1S/C16H15ClO5/c1-8-12(15(18)19)14(10-4-6-11(17)7-5-10)13(9(2)22-8)16(20)21-3/h4-7,14H,1-3H3,(H,18,19). The van der Waals surface area contributed by atoms with E-state index in [1.54, 1.807) is 38.1 Å². The summed E-state index contributed by atoms with van der Waals surface area (Å²) in [4.78, 5) is 23.7. The zero-order valence-corrected chi connectivity index (χ0v) is 13.1. The number of allylic oxidation sites excluding steroid dienone is 2. The van der Waals surface area contributed by atoms with Crippen molar-refractivity contribution in [3.63, 3.8) is 0 Å². The molecule has 0 amide bonds. The molecule has 0 bridgehead atoms. The van der Waals surface area contributed by atoms with Gasteiger partial charge in [0.2, 0.25) is 0 Å². The fourth-order valence-electron chi connectivity index (χ4n) is 2.52. The maximum atomic E-state index is 12.1. The molecule has 1 atom stereocenters. The Hall–Kier alpha value is -2.27. The molecule has 0 spiro atoms. The lowest BCUT2D eigenvalue weighted by atomic mass is 9.82. The van der Waals surface area contributed by atoms with Crippen molar-refractivity contribution in [3.8, 4) is 0 Å². The van der Waals surface area contributed by atoms with Crippen LogP contribution in [-0.2, 0) is 19.1 Å². The molecule has 0 aliphatic carbocycles. The number of rotatable bonds is 3. The summed E-state index contributed by atoms with van der Waals surface area (Å²) in [5.41, 5.74) is 0.811. The number of methoxy groups -OCH3 is 1. The van der Waals surface area contributed by atoms with Crippen LogP contribution < -0.4 is 0 Å². The average Bonchev–Trinajstić information content (AvgIpc) is 2.46. The monoisotopic (exact) mass is 322 g/mol. The van der Waals surface area contributed by atoms with E-state index in [1.165, 1.54) is 7.11 Å². The molecule has 6 heteroatoms. The smallest absolute Gasteiger partial charge is 0.338 e. The first kappa shape index (κ1) is 16.1. The molecular formula is C16H15ClO5.